The Morgan fingerprint density at radius 1 is 1.14 bits per heavy atom. The molecule has 3 nitrogen and oxygen atoms in total. The summed E-state index contributed by atoms with van der Waals surface area (Å²) >= 11 is 6.31. The molecule has 1 aliphatic carbocycles. The summed E-state index contributed by atoms with van der Waals surface area (Å²) in [6.07, 6.45) is 8.57. The summed E-state index contributed by atoms with van der Waals surface area (Å²) in [4.78, 5) is 13.0. The van der Waals surface area contributed by atoms with E-state index in [2.05, 4.69) is 53.3 Å². The van der Waals surface area contributed by atoms with E-state index in [-0.39, 0.29) is 11.8 Å². The maximum atomic E-state index is 13.0. The highest BCUT2D eigenvalue weighted by Crippen LogP contribution is 2.35. The Bertz CT molecular complexity index is 987. The van der Waals surface area contributed by atoms with Crippen LogP contribution in [0.5, 0.6) is 0 Å². The van der Waals surface area contributed by atoms with Crippen molar-refractivity contribution in [3.05, 3.63) is 70.9 Å². The number of benzene rings is 2. The highest BCUT2D eigenvalue weighted by molar-refractivity contribution is 6.30. The van der Waals surface area contributed by atoms with E-state index in [1.165, 1.54) is 35.7 Å². The van der Waals surface area contributed by atoms with Crippen molar-refractivity contribution in [3.63, 3.8) is 0 Å². The molecular weight excluding hydrogens is 380 g/mol. The third kappa shape index (κ3) is 4.51. The van der Waals surface area contributed by atoms with Gasteiger partial charge in [0.1, 0.15) is 0 Å². The molecule has 1 heterocycles. The number of para-hydroxylation sites is 1. The van der Waals surface area contributed by atoms with Gasteiger partial charge in [-0.05, 0) is 49.1 Å². The number of hydrogen-bond donors (Lipinski definition) is 1. The number of halogens is 1. The molecule has 29 heavy (non-hydrogen) atoms. The number of hydrogen-bond acceptors (Lipinski definition) is 1. The second-order valence-electron chi connectivity index (χ2n) is 8.10. The first-order chi connectivity index (χ1) is 14.2. The van der Waals surface area contributed by atoms with Crippen LogP contribution in [-0.2, 0) is 11.3 Å². The Morgan fingerprint density at radius 3 is 2.69 bits per heavy atom. The van der Waals surface area contributed by atoms with Crippen LogP contribution in [0.15, 0.2) is 54.7 Å². The summed E-state index contributed by atoms with van der Waals surface area (Å²) in [7, 11) is 0. The van der Waals surface area contributed by atoms with Gasteiger partial charge in [0, 0.05) is 47.0 Å². The van der Waals surface area contributed by atoms with Gasteiger partial charge in [-0.1, -0.05) is 61.2 Å². The summed E-state index contributed by atoms with van der Waals surface area (Å²) in [5.41, 5.74) is 3.50. The number of amides is 1. The summed E-state index contributed by atoms with van der Waals surface area (Å²) < 4.78 is 2.27. The molecule has 1 fully saturated rings. The molecule has 1 N–H and O–H groups in total. The lowest BCUT2D eigenvalue weighted by Gasteiger charge is -2.24. The Labute approximate surface area is 178 Å². The average molecular weight is 409 g/mol. The lowest BCUT2D eigenvalue weighted by atomic mass is 9.87. The molecule has 0 aliphatic heterocycles. The van der Waals surface area contributed by atoms with Crippen LogP contribution >= 0.6 is 11.6 Å². The predicted molar refractivity (Wildman–Crippen MR) is 121 cm³/mol. The number of fused-ring (bicyclic) bond motifs is 1. The normalized spacial score (nSPS) is 16.1. The first kappa shape index (κ1) is 20.0. The van der Waals surface area contributed by atoms with Crippen molar-refractivity contribution in [1.29, 1.82) is 0 Å². The van der Waals surface area contributed by atoms with Crippen molar-refractivity contribution in [3.8, 4) is 0 Å². The molecule has 1 amide bonds. The van der Waals surface area contributed by atoms with E-state index < -0.39 is 0 Å². The number of aryl methyl sites for hydroxylation is 1. The summed E-state index contributed by atoms with van der Waals surface area (Å²) in [6.45, 7) is 3.05. The molecule has 1 aromatic heterocycles. The van der Waals surface area contributed by atoms with E-state index in [1.54, 1.807) is 0 Å². The fourth-order valence-electron chi connectivity index (χ4n) is 4.66. The van der Waals surface area contributed by atoms with Gasteiger partial charge in [-0.3, -0.25) is 4.79 Å². The van der Waals surface area contributed by atoms with Crippen LogP contribution in [0, 0.1) is 0 Å². The number of nitrogens with zero attached hydrogens (tertiary/aromatic N) is 1. The van der Waals surface area contributed by atoms with Crippen LogP contribution in [0.2, 0.25) is 5.02 Å². The molecular formula is C25H29ClN2O. The van der Waals surface area contributed by atoms with E-state index in [9.17, 15) is 4.79 Å². The molecule has 152 valence electrons. The van der Waals surface area contributed by atoms with Gasteiger partial charge in [-0.25, -0.2) is 0 Å². The average Bonchev–Trinajstić information content (AvgIpc) is 3.11. The van der Waals surface area contributed by atoms with Crippen molar-refractivity contribution in [2.75, 3.05) is 0 Å². The largest absolute Gasteiger partial charge is 0.353 e. The maximum Gasteiger partial charge on any atom is 0.221 e. The number of nitrogens with one attached hydrogen (secondary N) is 1. The highest BCUT2D eigenvalue weighted by Gasteiger charge is 2.24. The maximum absolute atomic E-state index is 13.0. The molecule has 1 aliphatic rings. The van der Waals surface area contributed by atoms with Gasteiger partial charge in [-0.15, -0.1) is 0 Å². The van der Waals surface area contributed by atoms with Gasteiger partial charge < -0.3 is 9.88 Å². The van der Waals surface area contributed by atoms with Crippen molar-refractivity contribution in [1.82, 2.24) is 9.88 Å². The zero-order valence-corrected chi connectivity index (χ0v) is 17.8. The molecule has 1 atom stereocenters. The number of aromatic nitrogens is 1. The lowest BCUT2D eigenvalue weighted by molar-refractivity contribution is -0.122. The third-order valence-corrected chi connectivity index (χ3v) is 6.38. The molecule has 0 unspecified atom stereocenters. The molecule has 0 saturated heterocycles. The minimum Gasteiger partial charge on any atom is -0.353 e. The fourth-order valence-corrected chi connectivity index (χ4v) is 4.86. The molecule has 4 heteroatoms. The molecule has 2 aromatic carbocycles. The van der Waals surface area contributed by atoms with Crippen LogP contribution in [0.4, 0.5) is 0 Å². The molecule has 1 saturated carbocycles. The number of rotatable bonds is 6. The van der Waals surface area contributed by atoms with Crippen molar-refractivity contribution in [2.45, 2.75) is 64.0 Å². The molecule has 0 radical (unpaired) electrons. The quantitative estimate of drug-likeness (QED) is 0.511. The predicted octanol–water partition coefficient (Wildman–Crippen LogP) is 6.29. The molecule has 3 aromatic rings. The van der Waals surface area contributed by atoms with E-state index >= 15 is 0 Å². The first-order valence-corrected chi connectivity index (χ1v) is 11.2. The Hall–Kier alpha value is -2.26. The van der Waals surface area contributed by atoms with Crippen molar-refractivity contribution >= 4 is 28.4 Å². The van der Waals surface area contributed by atoms with E-state index in [0.29, 0.717) is 17.5 Å². The second kappa shape index (κ2) is 9.04. The van der Waals surface area contributed by atoms with Crippen LogP contribution < -0.4 is 5.32 Å². The smallest absolute Gasteiger partial charge is 0.221 e. The standard InChI is InChI=1S/C25H29ClN2O/c1-2-28-17-23(21-13-6-7-14-24(21)28)22(18-9-8-10-19(26)15-18)16-25(29)27-20-11-4-3-5-12-20/h6-10,13-15,17,20,22H,2-5,11-12,16H2,1H3,(H,27,29)/t22-/m1/s1. The van der Waals surface area contributed by atoms with Gasteiger partial charge in [0.25, 0.3) is 0 Å². The van der Waals surface area contributed by atoms with E-state index in [0.717, 1.165) is 24.9 Å². The topological polar surface area (TPSA) is 34.0 Å². The second-order valence-corrected chi connectivity index (χ2v) is 8.54. The summed E-state index contributed by atoms with van der Waals surface area (Å²) in [5.74, 6) is 0.116. The molecule has 0 spiro atoms. The third-order valence-electron chi connectivity index (χ3n) is 6.15. The van der Waals surface area contributed by atoms with E-state index in [4.69, 9.17) is 11.6 Å². The van der Waals surface area contributed by atoms with Crippen LogP contribution in [0.25, 0.3) is 10.9 Å². The van der Waals surface area contributed by atoms with E-state index in [1.807, 2.05) is 18.2 Å². The number of carbonyl (C=O) groups excluding carboxylic acids is 1. The molecule has 4 rings (SSSR count). The molecule has 0 bridgehead atoms. The van der Waals surface area contributed by atoms with Gasteiger partial charge >= 0.3 is 0 Å². The van der Waals surface area contributed by atoms with Gasteiger partial charge in [0.15, 0.2) is 0 Å². The van der Waals surface area contributed by atoms with Gasteiger partial charge in [-0.2, -0.15) is 0 Å². The minimum absolute atomic E-state index is 0.0185. The van der Waals surface area contributed by atoms with Crippen LogP contribution in [-0.4, -0.2) is 16.5 Å². The Kier molecular flexibility index (Phi) is 6.25. The zero-order valence-electron chi connectivity index (χ0n) is 17.0. The number of carbonyl (C=O) groups is 1. The SMILES string of the molecule is CCn1cc([C@H](CC(=O)NC2CCCCC2)c2cccc(Cl)c2)c2ccccc21. The lowest BCUT2D eigenvalue weighted by Crippen LogP contribution is -2.36. The van der Waals surface area contributed by atoms with Crippen LogP contribution in [0.3, 0.4) is 0 Å². The Morgan fingerprint density at radius 2 is 1.93 bits per heavy atom. The van der Waals surface area contributed by atoms with Crippen molar-refractivity contribution in [2.24, 2.45) is 0 Å². The Balaban J connectivity index is 1.69. The summed E-state index contributed by atoms with van der Waals surface area (Å²) in [5, 5.41) is 5.21. The highest BCUT2D eigenvalue weighted by atomic mass is 35.5. The summed E-state index contributed by atoms with van der Waals surface area (Å²) in [6, 6.07) is 16.7. The van der Waals surface area contributed by atoms with Crippen LogP contribution in [0.1, 0.15) is 62.5 Å². The van der Waals surface area contributed by atoms with Gasteiger partial charge in [0.05, 0.1) is 0 Å². The first-order valence-electron chi connectivity index (χ1n) is 10.8. The van der Waals surface area contributed by atoms with Gasteiger partial charge in [0.2, 0.25) is 5.91 Å². The van der Waals surface area contributed by atoms with Crippen molar-refractivity contribution < 1.29 is 4.79 Å². The minimum atomic E-state index is -0.0185. The zero-order chi connectivity index (χ0) is 20.2. The fraction of sp³-hybridized carbons (Fsp3) is 0.400. The monoisotopic (exact) mass is 408 g/mol.